The first kappa shape index (κ1) is 17.9. The number of carboxylic acid groups (broad SMARTS) is 1. The highest BCUT2D eigenvalue weighted by molar-refractivity contribution is 7.18. The fourth-order valence-corrected chi connectivity index (χ4v) is 4.86. The summed E-state index contributed by atoms with van der Waals surface area (Å²) in [5.74, 6) is -0.387. The molecule has 1 aliphatic rings. The van der Waals surface area contributed by atoms with Crippen LogP contribution in [0.25, 0.3) is 21.6 Å². The number of carboxylic acids is 1. The van der Waals surface area contributed by atoms with Gasteiger partial charge in [-0.15, -0.1) is 11.3 Å². The van der Waals surface area contributed by atoms with Crippen LogP contribution in [-0.2, 0) is 24.2 Å². The number of nitrogens with zero attached hydrogens (tertiary/aromatic N) is 2. The molecular formula is C21H22N2O3S. The van der Waals surface area contributed by atoms with Crippen molar-refractivity contribution in [3.05, 3.63) is 50.6 Å². The molecule has 1 N–H and O–H groups in total. The molecule has 0 saturated heterocycles. The Morgan fingerprint density at radius 1 is 1.26 bits per heavy atom. The number of fused-ring (bicyclic) bond motifs is 3. The highest BCUT2D eigenvalue weighted by Gasteiger charge is 2.31. The lowest BCUT2D eigenvalue weighted by molar-refractivity contribution is -0.147. The van der Waals surface area contributed by atoms with E-state index in [-0.39, 0.29) is 12.1 Å². The smallest absolute Gasteiger partial charge is 0.310 e. The maximum atomic E-state index is 13.4. The molecule has 0 spiro atoms. The van der Waals surface area contributed by atoms with Gasteiger partial charge in [-0.05, 0) is 45.6 Å². The minimum atomic E-state index is -1.07. The monoisotopic (exact) mass is 382 g/mol. The molecule has 5 nitrogen and oxygen atoms in total. The SMILES string of the molecule is Cc1ccc(-c2nc3sc4c(c3c(=O)n2CC(C)(C)C(=O)O)CCC4)cc1. The van der Waals surface area contributed by atoms with Crippen LogP contribution in [0, 0.1) is 12.3 Å². The first-order chi connectivity index (χ1) is 12.8. The third-order valence-electron chi connectivity index (χ3n) is 5.27. The van der Waals surface area contributed by atoms with Crippen LogP contribution in [0.1, 0.15) is 36.3 Å². The Kier molecular flexibility index (Phi) is 4.18. The number of benzene rings is 1. The topological polar surface area (TPSA) is 72.2 Å². The zero-order chi connectivity index (χ0) is 19.3. The van der Waals surface area contributed by atoms with Crippen molar-refractivity contribution >= 4 is 27.5 Å². The van der Waals surface area contributed by atoms with Gasteiger partial charge in [0, 0.05) is 17.0 Å². The normalized spacial score (nSPS) is 13.9. The van der Waals surface area contributed by atoms with E-state index in [9.17, 15) is 14.7 Å². The number of hydrogen-bond donors (Lipinski definition) is 1. The summed E-state index contributed by atoms with van der Waals surface area (Å²) in [6.07, 6.45) is 2.96. The zero-order valence-corrected chi connectivity index (χ0v) is 16.5. The highest BCUT2D eigenvalue weighted by Crippen LogP contribution is 2.36. The van der Waals surface area contributed by atoms with Gasteiger partial charge in [0.15, 0.2) is 0 Å². The van der Waals surface area contributed by atoms with Crippen molar-refractivity contribution in [1.82, 2.24) is 9.55 Å². The lowest BCUT2D eigenvalue weighted by Crippen LogP contribution is -2.35. The van der Waals surface area contributed by atoms with E-state index in [0.717, 1.165) is 40.8 Å². The molecule has 1 aliphatic carbocycles. The Hall–Kier alpha value is -2.47. The van der Waals surface area contributed by atoms with Gasteiger partial charge in [-0.1, -0.05) is 29.8 Å². The number of thiophene rings is 1. The third kappa shape index (κ3) is 2.98. The maximum absolute atomic E-state index is 13.4. The van der Waals surface area contributed by atoms with Gasteiger partial charge in [0.25, 0.3) is 5.56 Å². The Morgan fingerprint density at radius 3 is 2.63 bits per heavy atom. The molecule has 0 fully saturated rings. The van der Waals surface area contributed by atoms with Crippen molar-refractivity contribution in [1.29, 1.82) is 0 Å². The van der Waals surface area contributed by atoms with Crippen LogP contribution in [0.4, 0.5) is 0 Å². The van der Waals surface area contributed by atoms with E-state index in [2.05, 4.69) is 0 Å². The quantitative estimate of drug-likeness (QED) is 0.739. The molecule has 4 rings (SSSR count). The first-order valence-electron chi connectivity index (χ1n) is 9.13. The van der Waals surface area contributed by atoms with E-state index in [1.807, 2.05) is 31.2 Å². The number of carbonyl (C=O) groups is 1. The molecule has 0 bridgehead atoms. The van der Waals surface area contributed by atoms with Crippen molar-refractivity contribution in [2.75, 3.05) is 0 Å². The molecule has 2 heterocycles. The molecule has 0 radical (unpaired) electrons. The van der Waals surface area contributed by atoms with E-state index in [4.69, 9.17) is 4.98 Å². The van der Waals surface area contributed by atoms with Gasteiger partial charge < -0.3 is 5.11 Å². The van der Waals surface area contributed by atoms with E-state index in [1.54, 1.807) is 29.8 Å². The van der Waals surface area contributed by atoms with Gasteiger partial charge in [-0.3, -0.25) is 14.2 Å². The van der Waals surface area contributed by atoms with E-state index >= 15 is 0 Å². The summed E-state index contributed by atoms with van der Waals surface area (Å²) in [6, 6.07) is 7.84. The Bertz CT molecular complexity index is 1110. The molecule has 3 aromatic rings. The van der Waals surface area contributed by atoms with Gasteiger partial charge >= 0.3 is 5.97 Å². The average Bonchev–Trinajstić information content (AvgIpc) is 3.18. The van der Waals surface area contributed by atoms with Crippen LogP contribution in [0.3, 0.4) is 0 Å². The molecule has 140 valence electrons. The Labute approximate surface area is 161 Å². The fraction of sp³-hybridized carbons (Fsp3) is 0.381. The number of rotatable bonds is 4. The molecule has 2 aromatic heterocycles. The highest BCUT2D eigenvalue weighted by atomic mass is 32.1. The number of aliphatic carboxylic acids is 1. The summed E-state index contributed by atoms with van der Waals surface area (Å²) in [5, 5.41) is 10.3. The van der Waals surface area contributed by atoms with Crippen LogP contribution < -0.4 is 5.56 Å². The number of aryl methyl sites for hydroxylation is 3. The minimum Gasteiger partial charge on any atom is -0.481 e. The second-order valence-electron chi connectivity index (χ2n) is 7.92. The molecule has 0 unspecified atom stereocenters. The third-order valence-corrected chi connectivity index (χ3v) is 6.45. The predicted molar refractivity (Wildman–Crippen MR) is 107 cm³/mol. The lowest BCUT2D eigenvalue weighted by Gasteiger charge is -2.22. The molecule has 0 atom stereocenters. The van der Waals surface area contributed by atoms with Gasteiger partial charge in [0.1, 0.15) is 10.7 Å². The standard InChI is InChI=1S/C21H22N2O3S/c1-12-7-9-13(10-8-12)17-22-18-16(14-5-4-6-15(14)27-18)19(24)23(17)11-21(2,3)20(25)26/h7-10H,4-6,11H2,1-3H3,(H,25,26). The fourth-order valence-electron chi connectivity index (χ4n) is 3.61. The Morgan fingerprint density at radius 2 is 1.96 bits per heavy atom. The van der Waals surface area contributed by atoms with Gasteiger partial charge in [-0.25, -0.2) is 4.98 Å². The van der Waals surface area contributed by atoms with Crippen molar-refractivity contribution in [2.24, 2.45) is 5.41 Å². The minimum absolute atomic E-state index is 0.0813. The van der Waals surface area contributed by atoms with Crippen molar-refractivity contribution in [3.63, 3.8) is 0 Å². The maximum Gasteiger partial charge on any atom is 0.310 e. The first-order valence-corrected chi connectivity index (χ1v) is 9.95. The van der Waals surface area contributed by atoms with E-state index in [0.29, 0.717) is 11.2 Å². The summed E-state index contributed by atoms with van der Waals surface area (Å²) in [6.45, 7) is 5.37. The molecule has 6 heteroatoms. The number of aromatic nitrogens is 2. The van der Waals surface area contributed by atoms with Gasteiger partial charge in [0.2, 0.25) is 0 Å². The largest absolute Gasteiger partial charge is 0.481 e. The summed E-state index contributed by atoms with van der Waals surface area (Å²) >= 11 is 1.60. The second-order valence-corrected chi connectivity index (χ2v) is 9.00. The van der Waals surface area contributed by atoms with Gasteiger partial charge in [-0.2, -0.15) is 0 Å². The van der Waals surface area contributed by atoms with Crippen LogP contribution in [-0.4, -0.2) is 20.6 Å². The van der Waals surface area contributed by atoms with Crippen molar-refractivity contribution < 1.29 is 9.90 Å². The van der Waals surface area contributed by atoms with Crippen molar-refractivity contribution in [2.45, 2.75) is 46.6 Å². The predicted octanol–water partition coefficient (Wildman–Crippen LogP) is 4.03. The average molecular weight is 382 g/mol. The molecule has 0 saturated carbocycles. The lowest BCUT2D eigenvalue weighted by atomic mass is 9.93. The Balaban J connectivity index is 2.00. The van der Waals surface area contributed by atoms with Crippen molar-refractivity contribution in [3.8, 4) is 11.4 Å². The summed E-state index contributed by atoms with van der Waals surface area (Å²) in [7, 11) is 0. The van der Waals surface area contributed by atoms with Crippen LogP contribution in [0.15, 0.2) is 29.1 Å². The summed E-state index contributed by atoms with van der Waals surface area (Å²) in [5.41, 5.74) is 1.87. The van der Waals surface area contributed by atoms with Crippen LogP contribution >= 0.6 is 11.3 Å². The van der Waals surface area contributed by atoms with E-state index in [1.165, 1.54) is 4.88 Å². The zero-order valence-electron chi connectivity index (χ0n) is 15.7. The molecule has 27 heavy (non-hydrogen) atoms. The van der Waals surface area contributed by atoms with Gasteiger partial charge in [0.05, 0.1) is 10.8 Å². The molecular weight excluding hydrogens is 360 g/mol. The van der Waals surface area contributed by atoms with E-state index < -0.39 is 11.4 Å². The molecule has 1 aromatic carbocycles. The van der Waals surface area contributed by atoms with Crippen LogP contribution in [0.5, 0.6) is 0 Å². The summed E-state index contributed by atoms with van der Waals surface area (Å²) in [4.78, 5) is 32.0. The summed E-state index contributed by atoms with van der Waals surface area (Å²) < 4.78 is 1.56. The van der Waals surface area contributed by atoms with Crippen LogP contribution in [0.2, 0.25) is 0 Å². The number of hydrogen-bond acceptors (Lipinski definition) is 4. The molecule has 0 aliphatic heterocycles. The second kappa shape index (κ2) is 6.30. The molecule has 0 amide bonds.